The zero-order valence-corrected chi connectivity index (χ0v) is 11.2. The Bertz CT molecular complexity index is 669. The van der Waals surface area contributed by atoms with Gasteiger partial charge in [0.1, 0.15) is 0 Å². The smallest absolute Gasteiger partial charge is 0.0568 e. The van der Waals surface area contributed by atoms with Gasteiger partial charge in [0.25, 0.3) is 0 Å². The number of aryl methyl sites for hydroxylation is 2. The van der Waals surface area contributed by atoms with Gasteiger partial charge in [0.05, 0.1) is 6.20 Å². The minimum absolute atomic E-state index is 0.783. The zero-order valence-electron chi connectivity index (χ0n) is 11.2. The molecule has 0 radical (unpaired) electrons. The van der Waals surface area contributed by atoms with Gasteiger partial charge in [-0.05, 0) is 29.7 Å². The molecule has 0 amide bonds. The predicted octanol–water partition coefficient (Wildman–Crippen LogP) is 3.38. The first-order valence-corrected chi connectivity index (χ1v) is 6.73. The number of hydrogen-bond acceptors (Lipinski definition) is 2. The number of nitrogens with two attached hydrogens (primary N) is 1. The van der Waals surface area contributed by atoms with E-state index in [0.717, 1.165) is 29.8 Å². The molecule has 3 rings (SSSR count). The van der Waals surface area contributed by atoms with E-state index >= 15 is 0 Å². The van der Waals surface area contributed by atoms with E-state index in [0.29, 0.717) is 0 Å². The van der Waals surface area contributed by atoms with Crippen molar-refractivity contribution >= 4 is 5.69 Å². The molecule has 0 saturated carbocycles. The standard InChI is InChI=1S/C17H17N3/c18-17-8-6-15(7-9-17)16-12-19-20(13-16)11-10-14-4-2-1-3-5-14/h1-9,12-13H,10-11,18H2. The summed E-state index contributed by atoms with van der Waals surface area (Å²) in [5.41, 5.74) is 10.1. The van der Waals surface area contributed by atoms with Crippen LogP contribution in [0.25, 0.3) is 11.1 Å². The van der Waals surface area contributed by atoms with E-state index in [1.165, 1.54) is 5.56 Å². The summed E-state index contributed by atoms with van der Waals surface area (Å²) in [5, 5.41) is 4.42. The minimum Gasteiger partial charge on any atom is -0.399 e. The number of hydrogen-bond donors (Lipinski definition) is 1. The fourth-order valence-corrected chi connectivity index (χ4v) is 2.20. The average Bonchev–Trinajstić information content (AvgIpc) is 2.96. The maximum absolute atomic E-state index is 5.70. The van der Waals surface area contributed by atoms with Crippen molar-refractivity contribution in [3.8, 4) is 11.1 Å². The molecule has 0 aliphatic heterocycles. The van der Waals surface area contributed by atoms with Crippen LogP contribution in [-0.4, -0.2) is 9.78 Å². The number of rotatable bonds is 4. The molecule has 0 aliphatic carbocycles. The molecule has 0 saturated heterocycles. The predicted molar refractivity (Wildman–Crippen MR) is 82.2 cm³/mol. The first-order valence-electron chi connectivity index (χ1n) is 6.73. The van der Waals surface area contributed by atoms with Crippen molar-refractivity contribution < 1.29 is 0 Å². The molecule has 0 atom stereocenters. The molecule has 3 heteroatoms. The highest BCUT2D eigenvalue weighted by Crippen LogP contribution is 2.19. The molecule has 0 aliphatic rings. The third kappa shape index (κ3) is 2.88. The summed E-state index contributed by atoms with van der Waals surface area (Å²) >= 11 is 0. The van der Waals surface area contributed by atoms with Crippen LogP contribution >= 0.6 is 0 Å². The molecule has 0 unspecified atom stereocenters. The van der Waals surface area contributed by atoms with E-state index in [2.05, 4.69) is 35.6 Å². The Labute approximate surface area is 118 Å². The van der Waals surface area contributed by atoms with Crippen molar-refractivity contribution in [3.63, 3.8) is 0 Å². The summed E-state index contributed by atoms with van der Waals surface area (Å²) in [6.07, 6.45) is 4.97. The van der Waals surface area contributed by atoms with Gasteiger partial charge in [-0.1, -0.05) is 42.5 Å². The van der Waals surface area contributed by atoms with Gasteiger partial charge in [-0.3, -0.25) is 4.68 Å². The maximum Gasteiger partial charge on any atom is 0.0568 e. The Morgan fingerprint density at radius 1 is 0.900 bits per heavy atom. The van der Waals surface area contributed by atoms with E-state index in [1.807, 2.05) is 41.2 Å². The van der Waals surface area contributed by atoms with Gasteiger partial charge in [-0.15, -0.1) is 0 Å². The molecule has 20 heavy (non-hydrogen) atoms. The lowest BCUT2D eigenvalue weighted by molar-refractivity contribution is 0.615. The van der Waals surface area contributed by atoms with Crippen LogP contribution in [0, 0.1) is 0 Å². The van der Waals surface area contributed by atoms with Gasteiger partial charge in [0.2, 0.25) is 0 Å². The van der Waals surface area contributed by atoms with E-state index in [9.17, 15) is 0 Å². The first-order chi connectivity index (χ1) is 9.81. The lowest BCUT2D eigenvalue weighted by Gasteiger charge is -2.01. The SMILES string of the molecule is Nc1ccc(-c2cnn(CCc3ccccc3)c2)cc1. The quantitative estimate of drug-likeness (QED) is 0.733. The molecule has 2 aromatic carbocycles. The van der Waals surface area contributed by atoms with Crippen molar-refractivity contribution in [1.29, 1.82) is 0 Å². The molecule has 1 heterocycles. The van der Waals surface area contributed by atoms with E-state index in [4.69, 9.17) is 5.73 Å². The molecule has 3 nitrogen and oxygen atoms in total. The van der Waals surface area contributed by atoms with Crippen LogP contribution < -0.4 is 5.73 Å². The molecule has 100 valence electrons. The first kappa shape index (κ1) is 12.5. The lowest BCUT2D eigenvalue weighted by atomic mass is 10.1. The third-order valence-corrected chi connectivity index (χ3v) is 3.35. The van der Waals surface area contributed by atoms with Crippen LogP contribution in [0.15, 0.2) is 67.0 Å². The fraction of sp³-hybridized carbons (Fsp3) is 0.118. The van der Waals surface area contributed by atoms with Gasteiger partial charge in [-0.2, -0.15) is 5.10 Å². The summed E-state index contributed by atoms with van der Waals surface area (Å²) < 4.78 is 1.98. The van der Waals surface area contributed by atoms with Crippen LogP contribution in [-0.2, 0) is 13.0 Å². The van der Waals surface area contributed by atoms with Crippen molar-refractivity contribution in [2.45, 2.75) is 13.0 Å². The second kappa shape index (κ2) is 5.61. The minimum atomic E-state index is 0.783. The van der Waals surface area contributed by atoms with Crippen LogP contribution in [0.1, 0.15) is 5.56 Å². The topological polar surface area (TPSA) is 43.8 Å². The van der Waals surface area contributed by atoms with Crippen LogP contribution in [0.3, 0.4) is 0 Å². The molecule has 3 aromatic rings. The molecule has 0 bridgehead atoms. The lowest BCUT2D eigenvalue weighted by Crippen LogP contribution is -2.01. The van der Waals surface area contributed by atoms with Gasteiger partial charge in [-0.25, -0.2) is 0 Å². The van der Waals surface area contributed by atoms with E-state index in [1.54, 1.807) is 0 Å². The van der Waals surface area contributed by atoms with Crippen molar-refractivity contribution in [3.05, 3.63) is 72.6 Å². The number of nitrogen functional groups attached to an aromatic ring is 1. The van der Waals surface area contributed by atoms with E-state index < -0.39 is 0 Å². The highest BCUT2D eigenvalue weighted by molar-refractivity contribution is 5.63. The van der Waals surface area contributed by atoms with Crippen LogP contribution in [0.5, 0.6) is 0 Å². The molecular formula is C17H17N3. The molecular weight excluding hydrogens is 246 g/mol. The average molecular weight is 263 g/mol. The largest absolute Gasteiger partial charge is 0.399 e. The van der Waals surface area contributed by atoms with Gasteiger partial charge in [0, 0.05) is 24.0 Å². The maximum atomic E-state index is 5.70. The second-order valence-corrected chi connectivity index (χ2v) is 4.85. The number of aromatic nitrogens is 2. The highest BCUT2D eigenvalue weighted by atomic mass is 15.3. The van der Waals surface area contributed by atoms with E-state index in [-0.39, 0.29) is 0 Å². The molecule has 0 fully saturated rings. The van der Waals surface area contributed by atoms with Crippen molar-refractivity contribution in [2.24, 2.45) is 0 Å². The Morgan fingerprint density at radius 3 is 2.40 bits per heavy atom. The monoisotopic (exact) mass is 263 g/mol. The molecule has 1 aromatic heterocycles. The third-order valence-electron chi connectivity index (χ3n) is 3.35. The fourth-order valence-electron chi connectivity index (χ4n) is 2.20. The summed E-state index contributed by atoms with van der Waals surface area (Å²) in [5.74, 6) is 0. The summed E-state index contributed by atoms with van der Waals surface area (Å²) in [7, 11) is 0. The normalized spacial score (nSPS) is 10.6. The Morgan fingerprint density at radius 2 is 1.65 bits per heavy atom. The van der Waals surface area contributed by atoms with Gasteiger partial charge in [0.15, 0.2) is 0 Å². The summed E-state index contributed by atoms with van der Waals surface area (Å²) in [4.78, 5) is 0. The number of nitrogens with zero attached hydrogens (tertiary/aromatic N) is 2. The summed E-state index contributed by atoms with van der Waals surface area (Å²) in [6, 6.07) is 18.3. The van der Waals surface area contributed by atoms with Crippen LogP contribution in [0.4, 0.5) is 5.69 Å². The number of benzene rings is 2. The highest BCUT2D eigenvalue weighted by Gasteiger charge is 2.02. The van der Waals surface area contributed by atoms with Crippen molar-refractivity contribution in [1.82, 2.24) is 9.78 Å². The Hall–Kier alpha value is -2.55. The zero-order chi connectivity index (χ0) is 13.8. The molecule has 2 N–H and O–H groups in total. The van der Waals surface area contributed by atoms with Crippen LogP contribution in [0.2, 0.25) is 0 Å². The van der Waals surface area contributed by atoms with Gasteiger partial charge >= 0.3 is 0 Å². The second-order valence-electron chi connectivity index (χ2n) is 4.85. The summed E-state index contributed by atoms with van der Waals surface area (Å²) in [6.45, 7) is 0.888. The Balaban J connectivity index is 1.69. The van der Waals surface area contributed by atoms with Gasteiger partial charge < -0.3 is 5.73 Å². The number of anilines is 1. The Kier molecular flexibility index (Phi) is 3.50. The van der Waals surface area contributed by atoms with Crippen molar-refractivity contribution in [2.75, 3.05) is 5.73 Å². The molecule has 0 spiro atoms.